The number of hydrogen-bond donors (Lipinski definition) is 1. The van der Waals surface area contributed by atoms with E-state index < -0.39 is 5.60 Å². The molecule has 0 fully saturated rings. The minimum Gasteiger partial charge on any atom is -0.387 e. The zero-order chi connectivity index (χ0) is 11.5. The van der Waals surface area contributed by atoms with Gasteiger partial charge in [-0.2, -0.15) is 0 Å². The monoisotopic (exact) mass is 292 g/mol. The van der Waals surface area contributed by atoms with Crippen LogP contribution in [-0.2, 0) is 11.2 Å². The lowest BCUT2D eigenvalue weighted by molar-refractivity contribution is -0.0633. The van der Waals surface area contributed by atoms with Gasteiger partial charge in [-0.25, -0.2) is 0 Å². The standard InChI is InChI=1S/C11H17BrO2S/c1-8(2)11(13,7-14-3)6-10-9(12)4-5-15-10/h4-5,8,13H,6-7H2,1-3H3. The summed E-state index contributed by atoms with van der Waals surface area (Å²) in [6.07, 6.45) is 0.636. The molecule has 86 valence electrons. The minimum absolute atomic E-state index is 0.173. The molecule has 1 unspecified atom stereocenters. The van der Waals surface area contributed by atoms with Gasteiger partial charge in [-0.3, -0.25) is 0 Å². The van der Waals surface area contributed by atoms with Crippen LogP contribution >= 0.6 is 27.3 Å². The highest BCUT2D eigenvalue weighted by atomic mass is 79.9. The maximum absolute atomic E-state index is 10.4. The quantitative estimate of drug-likeness (QED) is 0.904. The van der Waals surface area contributed by atoms with Crippen molar-refractivity contribution in [2.45, 2.75) is 25.9 Å². The van der Waals surface area contributed by atoms with Crippen molar-refractivity contribution in [1.29, 1.82) is 0 Å². The average molecular weight is 293 g/mol. The topological polar surface area (TPSA) is 29.5 Å². The molecule has 0 aliphatic carbocycles. The average Bonchev–Trinajstić information content (AvgIpc) is 2.52. The van der Waals surface area contributed by atoms with Crippen LogP contribution in [0, 0.1) is 5.92 Å². The van der Waals surface area contributed by atoms with Crippen LogP contribution in [0.25, 0.3) is 0 Å². The van der Waals surface area contributed by atoms with Crippen LogP contribution in [0.2, 0.25) is 0 Å². The number of rotatable bonds is 5. The summed E-state index contributed by atoms with van der Waals surface area (Å²) in [7, 11) is 1.62. The number of halogens is 1. The van der Waals surface area contributed by atoms with Gasteiger partial charge in [0.2, 0.25) is 0 Å². The molecule has 0 radical (unpaired) electrons. The lowest BCUT2D eigenvalue weighted by atomic mass is 9.87. The van der Waals surface area contributed by atoms with Gasteiger partial charge in [0.15, 0.2) is 0 Å². The van der Waals surface area contributed by atoms with Gasteiger partial charge in [0, 0.05) is 22.9 Å². The molecule has 0 aliphatic heterocycles. The molecule has 15 heavy (non-hydrogen) atoms. The Morgan fingerprint density at radius 2 is 2.27 bits per heavy atom. The third-order valence-corrected chi connectivity index (χ3v) is 4.55. The number of ether oxygens (including phenoxy) is 1. The highest BCUT2D eigenvalue weighted by Gasteiger charge is 2.32. The lowest BCUT2D eigenvalue weighted by Crippen LogP contribution is -2.41. The number of thiophene rings is 1. The second-order valence-electron chi connectivity index (χ2n) is 4.06. The first-order chi connectivity index (χ1) is 6.99. The molecule has 0 saturated carbocycles. The third-order valence-electron chi connectivity index (χ3n) is 2.63. The summed E-state index contributed by atoms with van der Waals surface area (Å²) in [5, 5.41) is 12.5. The highest BCUT2D eigenvalue weighted by molar-refractivity contribution is 9.10. The Labute approximate surface area is 103 Å². The van der Waals surface area contributed by atoms with Gasteiger partial charge in [-0.15, -0.1) is 11.3 Å². The lowest BCUT2D eigenvalue weighted by Gasteiger charge is -2.31. The first kappa shape index (κ1) is 13.2. The van der Waals surface area contributed by atoms with Crippen LogP contribution in [0.4, 0.5) is 0 Å². The molecule has 0 amide bonds. The fourth-order valence-corrected chi connectivity index (χ4v) is 3.01. The molecule has 1 atom stereocenters. The molecule has 4 heteroatoms. The van der Waals surface area contributed by atoms with Crippen molar-refractivity contribution in [3.05, 3.63) is 20.8 Å². The molecular formula is C11H17BrO2S. The zero-order valence-corrected chi connectivity index (χ0v) is 11.7. The van der Waals surface area contributed by atoms with Crippen molar-refractivity contribution < 1.29 is 9.84 Å². The van der Waals surface area contributed by atoms with Gasteiger partial charge >= 0.3 is 0 Å². The van der Waals surface area contributed by atoms with E-state index >= 15 is 0 Å². The van der Waals surface area contributed by atoms with Crippen LogP contribution in [0.5, 0.6) is 0 Å². The molecular weight excluding hydrogens is 276 g/mol. The minimum atomic E-state index is -0.776. The molecule has 0 aliphatic rings. The largest absolute Gasteiger partial charge is 0.387 e. The SMILES string of the molecule is COCC(O)(Cc1sccc1Br)C(C)C. The smallest absolute Gasteiger partial charge is 0.0950 e. The normalized spacial score (nSPS) is 15.6. The van der Waals surface area contributed by atoms with Crippen LogP contribution in [0.15, 0.2) is 15.9 Å². The number of methoxy groups -OCH3 is 1. The van der Waals surface area contributed by atoms with Crippen molar-refractivity contribution in [3.8, 4) is 0 Å². The van der Waals surface area contributed by atoms with E-state index in [0.717, 1.165) is 4.47 Å². The summed E-state index contributed by atoms with van der Waals surface area (Å²) < 4.78 is 6.17. The molecule has 1 rings (SSSR count). The maximum Gasteiger partial charge on any atom is 0.0950 e. The van der Waals surface area contributed by atoms with E-state index in [0.29, 0.717) is 13.0 Å². The summed E-state index contributed by atoms with van der Waals surface area (Å²) in [5.74, 6) is 0.173. The van der Waals surface area contributed by atoms with Crippen LogP contribution in [0.3, 0.4) is 0 Å². The Morgan fingerprint density at radius 1 is 1.60 bits per heavy atom. The van der Waals surface area contributed by atoms with E-state index in [2.05, 4.69) is 15.9 Å². The number of hydrogen-bond acceptors (Lipinski definition) is 3. The molecule has 0 saturated heterocycles. The first-order valence-corrected chi connectivity index (χ1v) is 6.60. The fraction of sp³-hybridized carbons (Fsp3) is 0.636. The van der Waals surface area contributed by atoms with Gasteiger partial charge in [-0.1, -0.05) is 13.8 Å². The zero-order valence-electron chi connectivity index (χ0n) is 9.29. The predicted octanol–water partition coefficient (Wildman–Crippen LogP) is 3.09. The van der Waals surface area contributed by atoms with Crippen molar-refractivity contribution >= 4 is 27.3 Å². The van der Waals surface area contributed by atoms with E-state index in [1.165, 1.54) is 4.88 Å². The van der Waals surface area contributed by atoms with Crippen LogP contribution in [0.1, 0.15) is 18.7 Å². The van der Waals surface area contributed by atoms with E-state index in [1.807, 2.05) is 25.3 Å². The van der Waals surface area contributed by atoms with Gasteiger partial charge in [-0.05, 0) is 33.3 Å². The fourth-order valence-electron chi connectivity index (χ4n) is 1.40. The second kappa shape index (κ2) is 5.43. The Kier molecular flexibility index (Phi) is 4.77. The Balaban J connectivity index is 2.79. The third kappa shape index (κ3) is 3.28. The van der Waals surface area contributed by atoms with Crippen LogP contribution in [-0.4, -0.2) is 24.4 Å². The highest BCUT2D eigenvalue weighted by Crippen LogP contribution is 2.30. The van der Waals surface area contributed by atoms with Crippen molar-refractivity contribution in [2.75, 3.05) is 13.7 Å². The molecule has 0 bridgehead atoms. The summed E-state index contributed by atoms with van der Waals surface area (Å²) in [4.78, 5) is 1.17. The van der Waals surface area contributed by atoms with E-state index in [1.54, 1.807) is 18.4 Å². The molecule has 2 nitrogen and oxygen atoms in total. The van der Waals surface area contributed by atoms with Crippen molar-refractivity contribution in [2.24, 2.45) is 5.92 Å². The van der Waals surface area contributed by atoms with Gasteiger partial charge in [0.25, 0.3) is 0 Å². The second-order valence-corrected chi connectivity index (χ2v) is 5.91. The maximum atomic E-state index is 10.4. The Hall–Kier alpha value is 0.100. The number of aliphatic hydroxyl groups is 1. The van der Waals surface area contributed by atoms with Gasteiger partial charge in [0.1, 0.15) is 0 Å². The van der Waals surface area contributed by atoms with Crippen molar-refractivity contribution in [1.82, 2.24) is 0 Å². The van der Waals surface area contributed by atoms with Crippen molar-refractivity contribution in [3.63, 3.8) is 0 Å². The molecule has 1 N–H and O–H groups in total. The summed E-state index contributed by atoms with van der Waals surface area (Å²) >= 11 is 5.13. The van der Waals surface area contributed by atoms with E-state index in [-0.39, 0.29) is 5.92 Å². The Bertz CT molecular complexity index is 311. The summed E-state index contributed by atoms with van der Waals surface area (Å²) in [5.41, 5.74) is -0.776. The van der Waals surface area contributed by atoms with Gasteiger partial charge in [0.05, 0.1) is 12.2 Å². The Morgan fingerprint density at radius 3 is 2.67 bits per heavy atom. The van der Waals surface area contributed by atoms with E-state index in [4.69, 9.17) is 4.74 Å². The molecule has 1 aromatic rings. The summed E-state index contributed by atoms with van der Waals surface area (Å²) in [6, 6.07) is 2.01. The predicted molar refractivity (Wildman–Crippen MR) is 67.4 cm³/mol. The molecule has 0 spiro atoms. The van der Waals surface area contributed by atoms with E-state index in [9.17, 15) is 5.11 Å². The molecule has 0 aromatic carbocycles. The van der Waals surface area contributed by atoms with Crippen LogP contribution < -0.4 is 0 Å². The molecule has 1 heterocycles. The van der Waals surface area contributed by atoms with Gasteiger partial charge < -0.3 is 9.84 Å². The molecule has 1 aromatic heterocycles. The first-order valence-electron chi connectivity index (χ1n) is 4.93. The summed E-state index contributed by atoms with van der Waals surface area (Å²) in [6.45, 7) is 4.40.